The van der Waals surface area contributed by atoms with E-state index in [-0.39, 0.29) is 18.0 Å². The highest BCUT2D eigenvalue weighted by Crippen LogP contribution is 2.30. The van der Waals surface area contributed by atoms with E-state index in [9.17, 15) is 9.18 Å². The molecule has 1 aromatic heterocycles. The summed E-state index contributed by atoms with van der Waals surface area (Å²) in [6.45, 7) is 0. The van der Waals surface area contributed by atoms with Crippen molar-refractivity contribution in [3.63, 3.8) is 0 Å². The topological polar surface area (TPSA) is 17.1 Å². The molecule has 21 heavy (non-hydrogen) atoms. The van der Waals surface area contributed by atoms with E-state index in [1.165, 1.54) is 47.9 Å². The molecule has 110 valence electrons. The van der Waals surface area contributed by atoms with Gasteiger partial charge in [-0.2, -0.15) is 0 Å². The molecule has 0 spiro atoms. The molecule has 0 aliphatic heterocycles. The van der Waals surface area contributed by atoms with Gasteiger partial charge in [0.25, 0.3) is 0 Å². The smallest absolute Gasteiger partial charge is 0.177 e. The van der Waals surface area contributed by atoms with Gasteiger partial charge in [0.1, 0.15) is 5.82 Å². The number of aryl methyl sites for hydroxylation is 2. The van der Waals surface area contributed by atoms with Crippen molar-refractivity contribution < 1.29 is 9.18 Å². The lowest BCUT2D eigenvalue weighted by molar-refractivity contribution is 0.0996. The van der Waals surface area contributed by atoms with Crippen LogP contribution in [0, 0.1) is 5.82 Å². The predicted octanol–water partition coefficient (Wildman–Crippen LogP) is 5.23. The maximum absolute atomic E-state index is 13.3. The summed E-state index contributed by atoms with van der Waals surface area (Å²) in [6.07, 6.45) is 5.98. The van der Waals surface area contributed by atoms with Crippen molar-refractivity contribution in [1.82, 2.24) is 0 Å². The van der Waals surface area contributed by atoms with Crippen molar-refractivity contribution in [1.29, 1.82) is 0 Å². The van der Waals surface area contributed by atoms with Crippen LogP contribution in [0.5, 0.6) is 0 Å². The maximum Gasteiger partial charge on any atom is 0.177 e. The van der Waals surface area contributed by atoms with Crippen LogP contribution in [0.4, 0.5) is 4.39 Å². The molecular formula is C17H16ClFOS. The molecule has 0 radical (unpaired) electrons. The Balaban J connectivity index is 1.81. The summed E-state index contributed by atoms with van der Waals surface area (Å²) in [4.78, 5) is 14.5. The largest absolute Gasteiger partial charge is 0.293 e. The minimum Gasteiger partial charge on any atom is -0.293 e. The van der Waals surface area contributed by atoms with E-state index >= 15 is 0 Å². The molecule has 1 aliphatic carbocycles. The summed E-state index contributed by atoms with van der Waals surface area (Å²) >= 11 is 7.63. The van der Waals surface area contributed by atoms with E-state index in [0.29, 0.717) is 10.6 Å². The third-order valence-corrected chi connectivity index (χ3v) is 5.53. The fourth-order valence-corrected chi connectivity index (χ4v) is 4.12. The highest BCUT2D eigenvalue weighted by Gasteiger charge is 2.17. The van der Waals surface area contributed by atoms with Crippen molar-refractivity contribution >= 4 is 28.7 Å². The number of carbonyl (C=O) groups excluding carboxylic acids is 1. The van der Waals surface area contributed by atoms with E-state index in [0.717, 1.165) is 17.7 Å². The van der Waals surface area contributed by atoms with Gasteiger partial charge in [-0.25, -0.2) is 4.39 Å². The molecular weight excluding hydrogens is 307 g/mol. The molecule has 0 saturated heterocycles. The van der Waals surface area contributed by atoms with Crippen molar-refractivity contribution in [2.24, 2.45) is 0 Å². The second kappa shape index (κ2) is 6.29. The molecule has 0 fully saturated rings. The lowest BCUT2D eigenvalue weighted by atomic mass is 10.1. The second-order valence-electron chi connectivity index (χ2n) is 5.46. The fourth-order valence-electron chi connectivity index (χ4n) is 2.74. The predicted molar refractivity (Wildman–Crippen MR) is 85.0 cm³/mol. The van der Waals surface area contributed by atoms with E-state index in [1.54, 1.807) is 11.3 Å². The Bertz CT molecular complexity index is 654. The van der Waals surface area contributed by atoms with Crippen molar-refractivity contribution in [2.75, 3.05) is 0 Å². The second-order valence-corrected chi connectivity index (χ2v) is 7.00. The zero-order valence-electron chi connectivity index (χ0n) is 11.6. The van der Waals surface area contributed by atoms with Gasteiger partial charge in [0.05, 0.1) is 4.88 Å². The number of halogens is 2. The number of rotatable bonds is 3. The first-order chi connectivity index (χ1) is 10.1. The Morgan fingerprint density at radius 1 is 1.19 bits per heavy atom. The number of hydrogen-bond donors (Lipinski definition) is 0. The van der Waals surface area contributed by atoms with E-state index in [2.05, 4.69) is 0 Å². The van der Waals surface area contributed by atoms with Crippen molar-refractivity contribution in [3.05, 3.63) is 56.0 Å². The molecule has 0 unspecified atom stereocenters. The number of Topliss-reactive ketones (excluding diaryl/α,β-unsaturated/α-hetero) is 1. The Morgan fingerprint density at radius 3 is 2.86 bits per heavy atom. The lowest BCUT2D eigenvalue weighted by Gasteiger charge is -2.03. The maximum atomic E-state index is 13.3. The zero-order valence-corrected chi connectivity index (χ0v) is 13.2. The third kappa shape index (κ3) is 3.35. The average Bonchev–Trinajstić information content (AvgIpc) is 2.74. The SMILES string of the molecule is O=C(Cc1cc(F)ccc1Cl)c1cc2c(s1)CCCCC2. The summed E-state index contributed by atoms with van der Waals surface area (Å²) in [5.41, 5.74) is 1.89. The summed E-state index contributed by atoms with van der Waals surface area (Å²) in [5.74, 6) is -0.329. The number of thiophene rings is 1. The van der Waals surface area contributed by atoms with Crippen LogP contribution in [-0.2, 0) is 19.3 Å². The van der Waals surface area contributed by atoms with Crippen LogP contribution < -0.4 is 0 Å². The Labute approximate surface area is 132 Å². The molecule has 1 aromatic carbocycles. The molecule has 4 heteroatoms. The molecule has 1 heterocycles. The van der Waals surface area contributed by atoms with Crippen LogP contribution in [0.3, 0.4) is 0 Å². The molecule has 1 aliphatic rings. The number of benzene rings is 1. The number of ketones is 1. The quantitative estimate of drug-likeness (QED) is 0.558. The third-order valence-electron chi connectivity index (χ3n) is 3.88. The molecule has 2 aromatic rings. The minimum atomic E-state index is -0.357. The summed E-state index contributed by atoms with van der Waals surface area (Å²) < 4.78 is 13.3. The van der Waals surface area contributed by atoms with Crippen LogP contribution in [0.2, 0.25) is 5.02 Å². The van der Waals surface area contributed by atoms with Crippen LogP contribution >= 0.6 is 22.9 Å². The molecule has 1 nitrogen and oxygen atoms in total. The van der Waals surface area contributed by atoms with Crippen LogP contribution in [0.1, 0.15) is 44.9 Å². The normalized spacial score (nSPS) is 14.6. The molecule has 0 amide bonds. The van der Waals surface area contributed by atoms with Gasteiger partial charge < -0.3 is 0 Å². The highest BCUT2D eigenvalue weighted by molar-refractivity contribution is 7.14. The monoisotopic (exact) mass is 322 g/mol. The first-order valence-electron chi connectivity index (χ1n) is 7.22. The summed E-state index contributed by atoms with van der Waals surface area (Å²) in [6, 6.07) is 6.19. The van der Waals surface area contributed by atoms with Gasteiger partial charge in [0.15, 0.2) is 5.78 Å². The van der Waals surface area contributed by atoms with Gasteiger partial charge in [-0.3, -0.25) is 4.79 Å². The Kier molecular flexibility index (Phi) is 4.41. The van der Waals surface area contributed by atoms with Gasteiger partial charge in [-0.1, -0.05) is 18.0 Å². The van der Waals surface area contributed by atoms with Crippen molar-refractivity contribution in [2.45, 2.75) is 38.5 Å². The number of fused-ring (bicyclic) bond motifs is 1. The first-order valence-corrected chi connectivity index (χ1v) is 8.41. The number of hydrogen-bond acceptors (Lipinski definition) is 2. The van der Waals surface area contributed by atoms with Gasteiger partial charge in [0, 0.05) is 16.3 Å². The molecule has 0 bridgehead atoms. The Hall–Kier alpha value is -1.19. The zero-order chi connectivity index (χ0) is 14.8. The van der Waals surface area contributed by atoms with E-state index in [4.69, 9.17) is 11.6 Å². The van der Waals surface area contributed by atoms with Crippen LogP contribution in [0.25, 0.3) is 0 Å². The van der Waals surface area contributed by atoms with E-state index < -0.39 is 0 Å². The van der Waals surface area contributed by atoms with Gasteiger partial charge in [-0.15, -0.1) is 11.3 Å². The molecule has 3 rings (SSSR count). The van der Waals surface area contributed by atoms with Gasteiger partial charge in [-0.05, 0) is 61.1 Å². The number of carbonyl (C=O) groups is 1. The summed E-state index contributed by atoms with van der Waals surface area (Å²) in [5, 5.41) is 0.447. The van der Waals surface area contributed by atoms with Gasteiger partial charge in [0.2, 0.25) is 0 Å². The first kappa shape index (κ1) is 14.7. The van der Waals surface area contributed by atoms with Gasteiger partial charge >= 0.3 is 0 Å². The Morgan fingerprint density at radius 2 is 2.00 bits per heavy atom. The fraction of sp³-hybridized carbons (Fsp3) is 0.353. The van der Waals surface area contributed by atoms with E-state index in [1.807, 2.05) is 6.07 Å². The van der Waals surface area contributed by atoms with Crippen molar-refractivity contribution in [3.8, 4) is 0 Å². The van der Waals surface area contributed by atoms with Crippen LogP contribution in [-0.4, -0.2) is 5.78 Å². The lowest BCUT2D eigenvalue weighted by Crippen LogP contribution is -2.02. The van der Waals surface area contributed by atoms with Crippen LogP contribution in [0.15, 0.2) is 24.3 Å². The summed E-state index contributed by atoms with van der Waals surface area (Å²) in [7, 11) is 0. The standard InChI is InChI=1S/C17H16ClFOS/c18-14-7-6-13(19)8-12(14)9-15(20)17-10-11-4-2-1-3-5-16(11)21-17/h6-8,10H,1-5,9H2. The highest BCUT2D eigenvalue weighted by atomic mass is 35.5. The average molecular weight is 323 g/mol. The minimum absolute atomic E-state index is 0.0283. The molecule has 0 atom stereocenters. The molecule has 0 saturated carbocycles. The molecule has 0 N–H and O–H groups in total.